The topological polar surface area (TPSA) is 47.6 Å². The summed E-state index contributed by atoms with van der Waals surface area (Å²) in [6.07, 6.45) is 0. The van der Waals surface area contributed by atoms with E-state index >= 15 is 0 Å². The van der Waals surface area contributed by atoms with Crippen LogP contribution in [-0.2, 0) is 0 Å². The first-order chi connectivity index (χ1) is 13.1. The predicted octanol–water partition coefficient (Wildman–Crippen LogP) is 5.19. The number of nitrogens with one attached hydrogen (secondary N) is 1. The van der Waals surface area contributed by atoms with Gasteiger partial charge in [-0.05, 0) is 48.5 Å². The average molecular weight is 386 g/mol. The summed E-state index contributed by atoms with van der Waals surface area (Å²) in [7, 11) is 0. The van der Waals surface area contributed by atoms with Crippen LogP contribution in [0, 0.1) is 5.82 Å². The van der Waals surface area contributed by atoms with Crippen LogP contribution in [0.4, 0.5) is 10.1 Å². The van der Waals surface area contributed by atoms with Crippen molar-refractivity contribution in [2.45, 2.75) is 0 Å². The van der Waals surface area contributed by atoms with Gasteiger partial charge in [0.1, 0.15) is 30.5 Å². The number of hydrogen-bond donors (Lipinski definition) is 1. The molecule has 0 bridgehead atoms. The molecule has 4 nitrogen and oxygen atoms in total. The van der Waals surface area contributed by atoms with E-state index in [0.29, 0.717) is 30.2 Å². The smallest absolute Gasteiger partial charge is 0.255 e. The van der Waals surface area contributed by atoms with E-state index in [-0.39, 0.29) is 10.9 Å². The van der Waals surface area contributed by atoms with Crippen molar-refractivity contribution in [2.24, 2.45) is 0 Å². The molecular weight excluding hydrogens is 369 g/mol. The number of ether oxygens (including phenoxy) is 2. The third-order valence-corrected chi connectivity index (χ3v) is 3.93. The summed E-state index contributed by atoms with van der Waals surface area (Å²) in [5.41, 5.74) is 0.825. The van der Waals surface area contributed by atoms with Crippen LogP contribution in [-0.4, -0.2) is 19.1 Å². The Bertz CT molecular complexity index is 918. The van der Waals surface area contributed by atoms with E-state index in [2.05, 4.69) is 5.32 Å². The molecule has 0 atom stereocenters. The molecule has 0 radical (unpaired) electrons. The second kappa shape index (κ2) is 9.05. The van der Waals surface area contributed by atoms with Gasteiger partial charge in [0.25, 0.3) is 5.91 Å². The molecule has 27 heavy (non-hydrogen) atoms. The first kappa shape index (κ1) is 18.7. The van der Waals surface area contributed by atoms with Gasteiger partial charge in [0, 0.05) is 11.3 Å². The molecule has 0 saturated heterocycles. The lowest BCUT2D eigenvalue weighted by atomic mass is 10.2. The van der Waals surface area contributed by atoms with E-state index < -0.39 is 5.82 Å². The van der Waals surface area contributed by atoms with Crippen molar-refractivity contribution >= 4 is 23.2 Å². The van der Waals surface area contributed by atoms with E-state index in [1.54, 1.807) is 24.3 Å². The quantitative estimate of drug-likeness (QED) is 0.569. The van der Waals surface area contributed by atoms with Crippen molar-refractivity contribution in [2.75, 3.05) is 18.5 Å². The van der Waals surface area contributed by atoms with E-state index in [1.165, 1.54) is 18.2 Å². The highest BCUT2D eigenvalue weighted by molar-refractivity contribution is 6.31. The Morgan fingerprint density at radius 3 is 2.33 bits per heavy atom. The minimum absolute atomic E-state index is 0.0525. The second-order valence-electron chi connectivity index (χ2n) is 5.62. The van der Waals surface area contributed by atoms with Crippen molar-refractivity contribution in [3.05, 3.63) is 89.2 Å². The number of rotatable bonds is 7. The SMILES string of the molecule is O=C(Nc1ccc(F)c(Cl)c1)c1cccc(OCCOc2ccccc2)c1. The standard InChI is InChI=1S/C21H17ClFNO3/c22-19-14-16(9-10-20(19)23)24-21(25)15-5-4-8-18(13-15)27-12-11-26-17-6-2-1-3-7-17/h1-10,13-14H,11-12H2,(H,24,25). The molecule has 6 heteroatoms. The molecule has 0 aliphatic heterocycles. The van der Waals surface area contributed by atoms with Gasteiger partial charge >= 0.3 is 0 Å². The Kier molecular flexibility index (Phi) is 6.28. The Balaban J connectivity index is 1.54. The lowest BCUT2D eigenvalue weighted by molar-refractivity contribution is 0.102. The molecule has 0 saturated carbocycles. The van der Waals surface area contributed by atoms with Crippen LogP contribution in [0.2, 0.25) is 5.02 Å². The van der Waals surface area contributed by atoms with Crippen LogP contribution in [0.25, 0.3) is 0 Å². The molecule has 0 aliphatic carbocycles. The largest absolute Gasteiger partial charge is 0.490 e. The Hall–Kier alpha value is -3.05. The van der Waals surface area contributed by atoms with Crippen LogP contribution >= 0.6 is 11.6 Å². The number of benzene rings is 3. The van der Waals surface area contributed by atoms with Crippen molar-refractivity contribution in [3.63, 3.8) is 0 Å². The zero-order valence-corrected chi connectivity index (χ0v) is 15.1. The van der Waals surface area contributed by atoms with Gasteiger partial charge in [0.2, 0.25) is 0 Å². The van der Waals surface area contributed by atoms with E-state index in [0.717, 1.165) is 5.75 Å². The first-order valence-electron chi connectivity index (χ1n) is 8.29. The lowest BCUT2D eigenvalue weighted by Crippen LogP contribution is -2.13. The Morgan fingerprint density at radius 2 is 1.59 bits per heavy atom. The maximum Gasteiger partial charge on any atom is 0.255 e. The number of halogens is 2. The van der Waals surface area contributed by atoms with Gasteiger partial charge in [0.15, 0.2) is 0 Å². The molecule has 3 aromatic rings. The number of amides is 1. The van der Waals surface area contributed by atoms with Gasteiger partial charge in [0.05, 0.1) is 5.02 Å². The minimum atomic E-state index is -0.539. The summed E-state index contributed by atoms with van der Waals surface area (Å²) >= 11 is 5.73. The zero-order valence-electron chi connectivity index (χ0n) is 14.3. The molecule has 0 aliphatic rings. The fourth-order valence-corrected chi connectivity index (χ4v) is 2.52. The fourth-order valence-electron chi connectivity index (χ4n) is 2.34. The molecule has 0 unspecified atom stereocenters. The van der Waals surface area contributed by atoms with Crippen molar-refractivity contribution in [3.8, 4) is 11.5 Å². The van der Waals surface area contributed by atoms with E-state index in [4.69, 9.17) is 21.1 Å². The van der Waals surface area contributed by atoms with Crippen LogP contribution in [0.1, 0.15) is 10.4 Å². The van der Waals surface area contributed by atoms with Crippen molar-refractivity contribution in [1.29, 1.82) is 0 Å². The number of carbonyl (C=O) groups is 1. The number of para-hydroxylation sites is 1. The van der Waals surface area contributed by atoms with Gasteiger partial charge in [-0.1, -0.05) is 35.9 Å². The lowest BCUT2D eigenvalue weighted by Gasteiger charge is -2.10. The van der Waals surface area contributed by atoms with Gasteiger partial charge in [-0.15, -0.1) is 0 Å². The van der Waals surface area contributed by atoms with Crippen molar-refractivity contribution in [1.82, 2.24) is 0 Å². The maximum absolute atomic E-state index is 13.2. The number of hydrogen-bond acceptors (Lipinski definition) is 3. The number of carbonyl (C=O) groups excluding carboxylic acids is 1. The van der Waals surface area contributed by atoms with Gasteiger partial charge in [-0.25, -0.2) is 4.39 Å². The first-order valence-corrected chi connectivity index (χ1v) is 8.67. The predicted molar refractivity (Wildman–Crippen MR) is 103 cm³/mol. The molecule has 0 aromatic heterocycles. The van der Waals surface area contributed by atoms with Crippen molar-refractivity contribution < 1.29 is 18.7 Å². The van der Waals surface area contributed by atoms with Crippen LogP contribution in [0.3, 0.4) is 0 Å². The summed E-state index contributed by atoms with van der Waals surface area (Å²) in [5.74, 6) is 0.440. The third kappa shape index (κ3) is 5.46. The minimum Gasteiger partial charge on any atom is -0.490 e. The summed E-state index contributed by atoms with van der Waals surface area (Å²) in [4.78, 5) is 12.3. The molecule has 1 N–H and O–H groups in total. The highest BCUT2D eigenvalue weighted by Crippen LogP contribution is 2.21. The Morgan fingerprint density at radius 1 is 0.889 bits per heavy atom. The second-order valence-corrected chi connectivity index (χ2v) is 6.03. The molecule has 1 amide bonds. The maximum atomic E-state index is 13.2. The summed E-state index contributed by atoms with van der Waals surface area (Å²) in [5, 5.41) is 2.62. The Labute approximate surface area is 161 Å². The summed E-state index contributed by atoms with van der Waals surface area (Å²) in [6, 6.07) is 20.2. The van der Waals surface area contributed by atoms with Crippen LogP contribution in [0.15, 0.2) is 72.8 Å². The summed E-state index contributed by atoms with van der Waals surface area (Å²) < 4.78 is 24.4. The average Bonchev–Trinajstić information content (AvgIpc) is 2.69. The third-order valence-electron chi connectivity index (χ3n) is 3.64. The summed E-state index contributed by atoms with van der Waals surface area (Å²) in [6.45, 7) is 0.724. The molecule has 3 rings (SSSR count). The zero-order chi connectivity index (χ0) is 19.1. The van der Waals surface area contributed by atoms with Crippen LogP contribution in [0.5, 0.6) is 11.5 Å². The normalized spacial score (nSPS) is 10.3. The highest BCUT2D eigenvalue weighted by atomic mass is 35.5. The molecule has 3 aromatic carbocycles. The molecule has 0 spiro atoms. The molecule has 0 heterocycles. The van der Waals surface area contributed by atoms with Gasteiger partial charge in [-0.2, -0.15) is 0 Å². The van der Waals surface area contributed by atoms with E-state index in [1.807, 2.05) is 30.3 Å². The molecular formula is C21H17ClFNO3. The molecule has 0 fully saturated rings. The van der Waals surface area contributed by atoms with Gasteiger partial charge in [-0.3, -0.25) is 4.79 Å². The molecule has 138 valence electrons. The number of anilines is 1. The van der Waals surface area contributed by atoms with Crippen LogP contribution < -0.4 is 14.8 Å². The van der Waals surface area contributed by atoms with Gasteiger partial charge < -0.3 is 14.8 Å². The fraction of sp³-hybridized carbons (Fsp3) is 0.0952. The van der Waals surface area contributed by atoms with E-state index in [9.17, 15) is 9.18 Å². The monoisotopic (exact) mass is 385 g/mol. The highest BCUT2D eigenvalue weighted by Gasteiger charge is 2.09.